The molecule has 0 rings (SSSR count). The minimum atomic E-state index is -4.34. The molecule has 278 valence electrons. The van der Waals surface area contributed by atoms with Crippen LogP contribution in [0.4, 0.5) is 0 Å². The Morgan fingerprint density at radius 3 is 1.73 bits per heavy atom. The fourth-order valence-electron chi connectivity index (χ4n) is 2.72. The third-order valence-electron chi connectivity index (χ3n) is 5.07. The fraction of sp³-hybridized carbons (Fsp3) is 0.697. The van der Waals surface area contributed by atoms with E-state index in [-0.39, 0.29) is 32.2 Å². The first-order valence-electron chi connectivity index (χ1n) is 16.0. The molecule has 0 amide bonds. The van der Waals surface area contributed by atoms with Crippen LogP contribution in [0, 0.1) is 47.4 Å². The summed E-state index contributed by atoms with van der Waals surface area (Å²) in [7, 11) is -7.16. The second-order valence-corrected chi connectivity index (χ2v) is 12.5. The van der Waals surface area contributed by atoms with E-state index in [2.05, 4.69) is 51.9 Å². The molecular formula is C33H52O14P2. The van der Waals surface area contributed by atoms with E-state index in [0.717, 1.165) is 26.4 Å². The van der Waals surface area contributed by atoms with E-state index < -0.39 is 46.9 Å². The van der Waals surface area contributed by atoms with E-state index in [1.807, 2.05) is 34.6 Å². The predicted octanol–water partition coefficient (Wildman–Crippen LogP) is 4.96. The molecule has 0 radical (unpaired) electrons. The van der Waals surface area contributed by atoms with Gasteiger partial charge in [-0.1, -0.05) is 64.7 Å². The van der Waals surface area contributed by atoms with Gasteiger partial charge in [-0.3, -0.25) is 27.7 Å². The van der Waals surface area contributed by atoms with Crippen molar-refractivity contribution in [2.75, 3.05) is 53.4 Å². The molecule has 0 bridgehead atoms. The summed E-state index contributed by atoms with van der Waals surface area (Å²) in [4.78, 5) is 42.6. The molecule has 0 aliphatic rings. The van der Waals surface area contributed by atoms with Crippen LogP contribution in [0.5, 0.6) is 0 Å². The topological polar surface area (TPSA) is 183 Å². The van der Waals surface area contributed by atoms with E-state index in [1.165, 1.54) is 0 Å². The molecule has 2 N–H and O–H groups in total. The van der Waals surface area contributed by atoms with Gasteiger partial charge in [-0.2, -0.15) is 0 Å². The largest absolute Gasteiger partial charge is 0.472 e. The summed E-state index contributed by atoms with van der Waals surface area (Å²) in [5, 5.41) is 0. The molecule has 0 fully saturated rings. The summed E-state index contributed by atoms with van der Waals surface area (Å²) in [6.07, 6.45) is 2.46. The lowest BCUT2D eigenvalue weighted by Crippen LogP contribution is -2.29. The van der Waals surface area contributed by atoms with Crippen molar-refractivity contribution in [1.82, 2.24) is 0 Å². The molecule has 14 nitrogen and oxygen atoms in total. The summed E-state index contributed by atoms with van der Waals surface area (Å²) in [5.41, 5.74) is 0. The Labute approximate surface area is 291 Å². The summed E-state index contributed by atoms with van der Waals surface area (Å²) in [5.74, 6) is 19.3. The highest BCUT2D eigenvalue weighted by Gasteiger charge is 2.26. The molecule has 0 saturated carbocycles. The number of phosphoric ester groups is 2. The maximum Gasteiger partial charge on any atom is 0.472 e. The number of rotatable bonds is 23. The van der Waals surface area contributed by atoms with Crippen molar-refractivity contribution in [3.05, 3.63) is 0 Å². The molecule has 16 heteroatoms. The summed E-state index contributed by atoms with van der Waals surface area (Å²) in [6, 6.07) is 0. The fourth-order valence-corrected chi connectivity index (χ4v) is 3.97. The number of hydrogen-bond donors (Lipinski definition) is 2. The zero-order valence-electron chi connectivity index (χ0n) is 29.4. The highest BCUT2D eigenvalue weighted by atomic mass is 31.2. The first-order valence-corrected chi connectivity index (χ1v) is 19.0. The number of unbranched alkanes of at least 4 members (excludes halogenated alkanes) is 1. The van der Waals surface area contributed by atoms with E-state index >= 15 is 0 Å². The molecule has 0 saturated heterocycles. The molecule has 0 aliphatic heterocycles. The van der Waals surface area contributed by atoms with Gasteiger partial charge in [0.25, 0.3) is 0 Å². The third kappa shape index (κ3) is 33.6. The van der Waals surface area contributed by atoms with Crippen molar-refractivity contribution in [3.63, 3.8) is 0 Å². The normalized spacial score (nSPS) is 13.6. The van der Waals surface area contributed by atoms with Crippen LogP contribution in [-0.4, -0.2) is 87.3 Å². The molecule has 0 aromatic carbocycles. The van der Waals surface area contributed by atoms with Gasteiger partial charge in [0.15, 0.2) is 6.10 Å². The highest BCUT2D eigenvalue weighted by Crippen LogP contribution is 2.43. The molecule has 0 aromatic heterocycles. The molecule has 4 unspecified atom stereocenters. The minimum Gasteiger partial charge on any atom is -0.461 e. The van der Waals surface area contributed by atoms with Crippen LogP contribution in [0.3, 0.4) is 0 Å². The van der Waals surface area contributed by atoms with Gasteiger partial charge in [-0.05, 0) is 42.9 Å². The zero-order valence-corrected chi connectivity index (χ0v) is 31.2. The van der Waals surface area contributed by atoms with Crippen LogP contribution >= 0.6 is 15.6 Å². The first-order chi connectivity index (χ1) is 23.4. The minimum absolute atomic E-state index is 0.0225. The average molecular weight is 735 g/mol. The lowest BCUT2D eigenvalue weighted by Gasteiger charge is -2.19. The molecule has 0 aliphatic carbocycles. The monoisotopic (exact) mass is 734 g/mol. The van der Waals surface area contributed by atoms with Crippen molar-refractivity contribution in [2.45, 2.75) is 98.2 Å². The highest BCUT2D eigenvalue weighted by molar-refractivity contribution is 7.47. The molecule has 0 spiro atoms. The van der Waals surface area contributed by atoms with Crippen molar-refractivity contribution in [3.8, 4) is 47.4 Å². The molecule has 49 heavy (non-hydrogen) atoms. The van der Waals surface area contributed by atoms with E-state index in [1.54, 1.807) is 0 Å². The van der Waals surface area contributed by atoms with E-state index in [0.29, 0.717) is 39.1 Å². The molecular weight excluding hydrogens is 682 g/mol. The summed E-state index contributed by atoms with van der Waals surface area (Å²) >= 11 is 0. The summed E-state index contributed by atoms with van der Waals surface area (Å²) in [6.45, 7) is 10.3. The van der Waals surface area contributed by atoms with Crippen LogP contribution in [-0.2, 0) is 55.8 Å². The van der Waals surface area contributed by atoms with Crippen molar-refractivity contribution in [1.29, 1.82) is 0 Å². The Morgan fingerprint density at radius 2 is 1.18 bits per heavy atom. The number of esters is 2. The summed E-state index contributed by atoms with van der Waals surface area (Å²) < 4.78 is 62.7. The molecule has 0 heterocycles. The lowest BCUT2D eigenvalue weighted by atomic mass is 10.3. The van der Waals surface area contributed by atoms with Crippen LogP contribution in [0.15, 0.2) is 0 Å². The van der Waals surface area contributed by atoms with Gasteiger partial charge >= 0.3 is 27.6 Å². The number of carbonyl (C=O) groups is 2. The maximum atomic E-state index is 12.0. The Hall–Kier alpha value is -2.68. The molecule has 0 aromatic rings. The molecule has 4 atom stereocenters. The SMILES string of the molecule is CCC#CC#CCC(=O)OCC(COP(=O)(O)OCCCC)OC(=O)CC#CC#CCC.CCCOCC(COP(=O)(O)OC)OCCC. The second kappa shape index (κ2) is 32.5. The first kappa shape index (κ1) is 48.4. The lowest BCUT2D eigenvalue weighted by molar-refractivity contribution is -0.159. The van der Waals surface area contributed by atoms with Crippen LogP contribution in [0.25, 0.3) is 0 Å². The Morgan fingerprint density at radius 1 is 0.633 bits per heavy atom. The number of hydrogen-bond acceptors (Lipinski definition) is 12. The van der Waals surface area contributed by atoms with Gasteiger partial charge in [0, 0.05) is 33.2 Å². The zero-order chi connectivity index (χ0) is 37.2. The average Bonchev–Trinajstić information content (AvgIpc) is 3.07. The van der Waals surface area contributed by atoms with Crippen LogP contribution in [0.2, 0.25) is 0 Å². The van der Waals surface area contributed by atoms with Gasteiger partial charge in [0.2, 0.25) is 0 Å². The maximum absolute atomic E-state index is 12.0. The van der Waals surface area contributed by atoms with E-state index in [4.69, 9.17) is 37.4 Å². The predicted molar refractivity (Wildman–Crippen MR) is 182 cm³/mol. The Kier molecular flexibility index (Phi) is 32.1. The van der Waals surface area contributed by atoms with Gasteiger partial charge in [0.1, 0.15) is 25.6 Å². The van der Waals surface area contributed by atoms with E-state index in [9.17, 15) is 23.6 Å². The van der Waals surface area contributed by atoms with Crippen LogP contribution in [0.1, 0.15) is 86.0 Å². The van der Waals surface area contributed by atoms with Crippen LogP contribution < -0.4 is 0 Å². The second-order valence-electron chi connectivity index (χ2n) is 9.53. The third-order valence-corrected chi connectivity index (χ3v) is 6.99. The van der Waals surface area contributed by atoms with Gasteiger partial charge in [-0.25, -0.2) is 9.13 Å². The number of carbonyl (C=O) groups excluding carboxylic acids is 2. The number of phosphoric acid groups is 2. The van der Waals surface area contributed by atoms with Crippen molar-refractivity contribution < 1.29 is 65.5 Å². The Bertz CT molecular complexity index is 1260. The smallest absolute Gasteiger partial charge is 0.461 e. The van der Waals surface area contributed by atoms with Gasteiger partial charge in [0.05, 0.1) is 26.4 Å². The van der Waals surface area contributed by atoms with Gasteiger partial charge in [-0.15, -0.1) is 0 Å². The van der Waals surface area contributed by atoms with Crippen molar-refractivity contribution in [2.24, 2.45) is 0 Å². The van der Waals surface area contributed by atoms with Crippen molar-refractivity contribution >= 4 is 27.6 Å². The quantitative estimate of drug-likeness (QED) is 0.0622. The van der Waals surface area contributed by atoms with Gasteiger partial charge < -0.3 is 28.7 Å². The standard InChI is InChI=1S/C23H29O8P.C10H23O6P/c1-4-7-10-12-14-16-22(24)28-19-21(20-30-32(26,27)29-18-9-6-3)31-23(25)17-15-13-11-8-5-2;1-4-6-14-8-10(15-7-5-2)9-16-17(11,12)13-3/h21H,4-6,9,16-20H2,1-3H3,(H,26,27);10H,4-9H2,1-3H3,(H,11,12). The number of ether oxygens (including phenoxy) is 4. The Balaban J connectivity index is 0.